The molecule has 20 heavy (non-hydrogen) atoms. The summed E-state index contributed by atoms with van der Waals surface area (Å²) in [5.74, 6) is 5.88. The third-order valence-electron chi connectivity index (χ3n) is 4.51. The Morgan fingerprint density at radius 1 is 1.30 bits per heavy atom. The molecule has 1 atom stereocenters. The Hall–Kier alpha value is 0.0600. The van der Waals surface area contributed by atoms with Crippen molar-refractivity contribution in [2.45, 2.75) is 57.5 Å². The molecule has 0 aliphatic carbocycles. The first-order valence-electron chi connectivity index (χ1n) is 7.49. The van der Waals surface area contributed by atoms with Gasteiger partial charge in [-0.25, -0.2) is 0 Å². The molecule has 1 aromatic rings. The molecule has 1 fully saturated rings. The molecule has 0 aromatic carbocycles. The van der Waals surface area contributed by atoms with Gasteiger partial charge in [0, 0.05) is 22.9 Å². The topological polar surface area (TPSA) is 41.3 Å². The molecular formula is C15H26BrN3S. The number of likely N-dealkylation sites (tertiary alicyclic amines) is 1. The second kappa shape index (κ2) is 7.36. The van der Waals surface area contributed by atoms with Gasteiger partial charge in [-0.05, 0) is 67.8 Å². The third kappa shape index (κ3) is 4.04. The Kier molecular flexibility index (Phi) is 6.05. The van der Waals surface area contributed by atoms with Crippen LogP contribution in [0.2, 0.25) is 0 Å². The van der Waals surface area contributed by atoms with E-state index in [4.69, 9.17) is 5.84 Å². The maximum Gasteiger partial charge on any atom is 0.0701 e. The summed E-state index contributed by atoms with van der Waals surface area (Å²) in [6, 6.07) is 4.58. The van der Waals surface area contributed by atoms with Crippen LogP contribution in [0.5, 0.6) is 0 Å². The Morgan fingerprint density at radius 2 is 1.95 bits per heavy atom. The molecule has 1 saturated heterocycles. The molecule has 1 aliphatic heterocycles. The van der Waals surface area contributed by atoms with Crippen molar-refractivity contribution in [1.29, 1.82) is 0 Å². The van der Waals surface area contributed by atoms with Crippen molar-refractivity contribution < 1.29 is 0 Å². The Balaban J connectivity index is 2.07. The average Bonchev–Trinajstić information content (AvgIpc) is 2.68. The van der Waals surface area contributed by atoms with Gasteiger partial charge in [-0.3, -0.25) is 16.2 Å². The van der Waals surface area contributed by atoms with Crippen LogP contribution < -0.4 is 11.3 Å². The zero-order chi connectivity index (χ0) is 14.6. The lowest BCUT2D eigenvalue weighted by atomic mass is 9.89. The van der Waals surface area contributed by atoms with Crippen molar-refractivity contribution in [2.24, 2.45) is 5.84 Å². The third-order valence-corrected chi connectivity index (χ3v) is 6.16. The first kappa shape index (κ1) is 16.4. The maximum absolute atomic E-state index is 5.88. The molecule has 1 unspecified atom stereocenters. The summed E-state index contributed by atoms with van der Waals surface area (Å²) in [5.41, 5.74) is 3.15. The van der Waals surface area contributed by atoms with Gasteiger partial charge < -0.3 is 0 Å². The number of nitrogens with two attached hydrogens (primary N) is 1. The van der Waals surface area contributed by atoms with Crippen LogP contribution in [0.15, 0.2) is 15.9 Å². The number of nitrogens with zero attached hydrogens (tertiary/aromatic N) is 1. The van der Waals surface area contributed by atoms with E-state index in [9.17, 15) is 0 Å². The van der Waals surface area contributed by atoms with Gasteiger partial charge in [0.1, 0.15) is 0 Å². The quantitative estimate of drug-likeness (QED) is 0.623. The molecule has 5 heteroatoms. The Labute approximate surface area is 135 Å². The van der Waals surface area contributed by atoms with Gasteiger partial charge in [-0.15, -0.1) is 11.3 Å². The number of hydrogen-bond donors (Lipinski definition) is 2. The van der Waals surface area contributed by atoms with E-state index >= 15 is 0 Å². The van der Waals surface area contributed by atoms with Crippen LogP contribution in [0.4, 0.5) is 0 Å². The van der Waals surface area contributed by atoms with Crippen molar-refractivity contribution in [1.82, 2.24) is 10.3 Å². The first-order chi connectivity index (χ1) is 9.54. The van der Waals surface area contributed by atoms with Crippen molar-refractivity contribution in [3.05, 3.63) is 20.8 Å². The summed E-state index contributed by atoms with van der Waals surface area (Å²) in [6.45, 7) is 7.04. The van der Waals surface area contributed by atoms with Gasteiger partial charge in [-0.1, -0.05) is 12.8 Å². The number of hydrogen-bond acceptors (Lipinski definition) is 4. The predicted octanol–water partition coefficient (Wildman–Crippen LogP) is 3.54. The highest BCUT2D eigenvalue weighted by atomic mass is 79.9. The minimum absolute atomic E-state index is 0.0789. The zero-order valence-electron chi connectivity index (χ0n) is 12.5. The molecule has 0 saturated carbocycles. The SMILES string of the molecule is CC(C)(C(Cc1ccc(Br)s1)NN)N1CCCCCC1. The van der Waals surface area contributed by atoms with E-state index in [1.807, 2.05) is 0 Å². The zero-order valence-corrected chi connectivity index (χ0v) is 14.9. The molecule has 2 heterocycles. The summed E-state index contributed by atoms with van der Waals surface area (Å²) in [4.78, 5) is 4.00. The summed E-state index contributed by atoms with van der Waals surface area (Å²) in [7, 11) is 0. The largest absolute Gasteiger partial charge is 0.297 e. The molecule has 0 radical (unpaired) electrons. The first-order valence-corrected chi connectivity index (χ1v) is 9.10. The second-order valence-electron chi connectivity index (χ2n) is 6.18. The van der Waals surface area contributed by atoms with Gasteiger partial charge in [0.05, 0.1) is 3.79 Å². The molecule has 3 nitrogen and oxygen atoms in total. The fourth-order valence-electron chi connectivity index (χ4n) is 3.04. The molecule has 1 aliphatic rings. The maximum atomic E-state index is 5.88. The van der Waals surface area contributed by atoms with Gasteiger partial charge in [0.25, 0.3) is 0 Å². The lowest BCUT2D eigenvalue weighted by molar-refractivity contribution is 0.0838. The summed E-state index contributed by atoms with van der Waals surface area (Å²) in [6.07, 6.45) is 6.34. The number of thiophene rings is 1. The van der Waals surface area contributed by atoms with Gasteiger partial charge in [0.2, 0.25) is 0 Å². The predicted molar refractivity (Wildman–Crippen MR) is 91.0 cm³/mol. The summed E-state index contributed by atoms with van der Waals surface area (Å²) in [5, 5.41) is 0. The molecule has 0 spiro atoms. The van der Waals surface area contributed by atoms with E-state index < -0.39 is 0 Å². The van der Waals surface area contributed by atoms with Crippen LogP contribution in [0.1, 0.15) is 44.4 Å². The van der Waals surface area contributed by atoms with Crippen LogP contribution in [0.3, 0.4) is 0 Å². The van der Waals surface area contributed by atoms with Gasteiger partial charge in [0.15, 0.2) is 0 Å². The van der Waals surface area contributed by atoms with E-state index in [1.54, 1.807) is 11.3 Å². The molecule has 114 valence electrons. The van der Waals surface area contributed by atoms with Crippen molar-refractivity contribution in [3.63, 3.8) is 0 Å². The van der Waals surface area contributed by atoms with Crippen LogP contribution in [0.25, 0.3) is 0 Å². The monoisotopic (exact) mass is 359 g/mol. The summed E-state index contributed by atoms with van der Waals surface area (Å²) < 4.78 is 1.19. The summed E-state index contributed by atoms with van der Waals surface area (Å²) >= 11 is 5.34. The standard InChI is InChI=1S/C15H26BrN3S/c1-15(2,19-9-5-3-4-6-10-19)13(18-17)11-12-7-8-14(16)20-12/h7-8,13,18H,3-6,9-11,17H2,1-2H3. The van der Waals surface area contributed by atoms with E-state index in [2.05, 4.69) is 52.2 Å². The van der Waals surface area contributed by atoms with Gasteiger partial charge >= 0.3 is 0 Å². The fraction of sp³-hybridized carbons (Fsp3) is 0.733. The van der Waals surface area contributed by atoms with E-state index in [0.717, 1.165) is 6.42 Å². The van der Waals surface area contributed by atoms with E-state index in [1.165, 1.54) is 47.4 Å². The highest BCUT2D eigenvalue weighted by Gasteiger charge is 2.35. The molecule has 2 rings (SSSR count). The lowest BCUT2D eigenvalue weighted by Gasteiger charge is -2.43. The molecule has 0 bridgehead atoms. The molecular weight excluding hydrogens is 334 g/mol. The van der Waals surface area contributed by atoms with Crippen LogP contribution >= 0.6 is 27.3 Å². The minimum atomic E-state index is 0.0789. The average molecular weight is 360 g/mol. The van der Waals surface area contributed by atoms with Crippen LogP contribution in [-0.2, 0) is 6.42 Å². The van der Waals surface area contributed by atoms with Gasteiger partial charge in [-0.2, -0.15) is 0 Å². The highest BCUT2D eigenvalue weighted by Crippen LogP contribution is 2.28. The van der Waals surface area contributed by atoms with Crippen LogP contribution in [-0.4, -0.2) is 29.6 Å². The number of halogens is 1. The number of nitrogens with one attached hydrogen (secondary N) is 1. The van der Waals surface area contributed by atoms with E-state index in [-0.39, 0.29) is 11.6 Å². The molecule has 0 amide bonds. The Bertz CT molecular complexity index is 411. The molecule has 1 aromatic heterocycles. The lowest BCUT2D eigenvalue weighted by Crippen LogP contribution is -2.60. The van der Waals surface area contributed by atoms with Crippen LogP contribution in [0, 0.1) is 0 Å². The molecule has 3 N–H and O–H groups in total. The van der Waals surface area contributed by atoms with Crippen molar-refractivity contribution in [2.75, 3.05) is 13.1 Å². The van der Waals surface area contributed by atoms with Crippen molar-refractivity contribution in [3.8, 4) is 0 Å². The van der Waals surface area contributed by atoms with E-state index in [0.29, 0.717) is 0 Å². The Morgan fingerprint density at radius 3 is 2.45 bits per heavy atom. The second-order valence-corrected chi connectivity index (χ2v) is 8.73. The van der Waals surface area contributed by atoms with Crippen molar-refractivity contribution >= 4 is 27.3 Å². The number of hydrazine groups is 1. The fourth-order valence-corrected chi connectivity index (χ4v) is 4.57. The highest BCUT2D eigenvalue weighted by molar-refractivity contribution is 9.11. The number of rotatable bonds is 5. The smallest absolute Gasteiger partial charge is 0.0701 e. The minimum Gasteiger partial charge on any atom is -0.297 e. The normalized spacial score (nSPS) is 19.8.